The molecule has 1 N–H and O–H groups in total. The zero-order valence-corrected chi connectivity index (χ0v) is 17.9. The van der Waals surface area contributed by atoms with E-state index in [9.17, 15) is 5.11 Å². The number of rotatable bonds is 2. The van der Waals surface area contributed by atoms with Gasteiger partial charge in [0.15, 0.2) is 11.5 Å². The van der Waals surface area contributed by atoms with E-state index in [0.29, 0.717) is 19.0 Å². The number of aromatic nitrogens is 1. The van der Waals surface area contributed by atoms with Gasteiger partial charge in [-0.3, -0.25) is 9.88 Å². The fourth-order valence-electron chi connectivity index (χ4n) is 5.22. The van der Waals surface area contributed by atoms with Crippen LogP contribution in [0.25, 0.3) is 0 Å². The average molecular weight is 411 g/mol. The van der Waals surface area contributed by atoms with E-state index in [-0.39, 0.29) is 23.4 Å². The maximum absolute atomic E-state index is 10.3. The number of hydrogen-bond donors (Lipinski definition) is 1. The Labute approximate surface area is 177 Å². The number of para-hydroxylation sites is 1. The Balaban J connectivity index is 1.38. The molecule has 0 aliphatic carbocycles. The Morgan fingerprint density at radius 3 is 2.93 bits per heavy atom. The van der Waals surface area contributed by atoms with Crippen LogP contribution in [0.4, 0.5) is 0 Å². The quantitative estimate of drug-likeness (QED) is 0.816. The Bertz CT molecular complexity index is 947. The van der Waals surface area contributed by atoms with Crippen LogP contribution in [-0.4, -0.2) is 52.5 Å². The van der Waals surface area contributed by atoms with Crippen molar-refractivity contribution in [3.05, 3.63) is 53.3 Å². The standard InChI is InChI=1S/C24H30N2O4/c1-16-6-5-9-25-19(16)13-26-10-11-29-24(14-26)12-18-21(28-15-24)17-7-4-8-20(27)22(17)30-23(18,2)3/h4-9,18,21,27H,10-15H2,1-3H3/t18-,21+,24+/m0/s1. The van der Waals surface area contributed by atoms with Gasteiger partial charge in [-0.05, 0) is 44.9 Å². The number of morpholine rings is 1. The molecule has 1 spiro atoms. The van der Waals surface area contributed by atoms with Crippen molar-refractivity contribution in [3.63, 3.8) is 0 Å². The third-order valence-electron chi connectivity index (χ3n) is 6.89. The minimum absolute atomic E-state index is 0.0986. The molecular weight excluding hydrogens is 380 g/mol. The molecule has 1 aromatic carbocycles. The Kier molecular flexibility index (Phi) is 4.76. The molecule has 0 unspecified atom stereocenters. The molecule has 3 aliphatic rings. The highest BCUT2D eigenvalue weighted by molar-refractivity contribution is 5.49. The fraction of sp³-hybridized carbons (Fsp3) is 0.542. The maximum atomic E-state index is 10.3. The molecule has 3 atom stereocenters. The van der Waals surface area contributed by atoms with Crippen LogP contribution in [0.1, 0.15) is 43.2 Å². The number of aryl methyl sites for hydroxylation is 1. The van der Waals surface area contributed by atoms with Crippen LogP contribution < -0.4 is 4.74 Å². The summed E-state index contributed by atoms with van der Waals surface area (Å²) in [6, 6.07) is 9.62. The third-order valence-corrected chi connectivity index (χ3v) is 6.89. The molecule has 2 aromatic rings. The summed E-state index contributed by atoms with van der Waals surface area (Å²) in [5.74, 6) is 0.863. The van der Waals surface area contributed by atoms with E-state index in [2.05, 4.69) is 36.7 Å². The number of aromatic hydroxyl groups is 1. The van der Waals surface area contributed by atoms with Gasteiger partial charge in [0.1, 0.15) is 11.2 Å². The summed E-state index contributed by atoms with van der Waals surface area (Å²) < 4.78 is 19.1. The lowest BCUT2D eigenvalue weighted by Crippen LogP contribution is -2.61. The Morgan fingerprint density at radius 2 is 2.10 bits per heavy atom. The molecule has 6 heteroatoms. The highest BCUT2D eigenvalue weighted by atomic mass is 16.6. The van der Waals surface area contributed by atoms with Crippen molar-refractivity contribution in [1.29, 1.82) is 0 Å². The number of phenolic OH excluding ortho intramolecular Hbond substituents is 1. The van der Waals surface area contributed by atoms with E-state index in [0.717, 1.165) is 37.3 Å². The topological polar surface area (TPSA) is 64.1 Å². The Morgan fingerprint density at radius 1 is 1.23 bits per heavy atom. The molecule has 0 amide bonds. The number of benzene rings is 1. The van der Waals surface area contributed by atoms with Gasteiger partial charge in [0.05, 0.1) is 25.0 Å². The highest BCUT2D eigenvalue weighted by Gasteiger charge is 2.54. The van der Waals surface area contributed by atoms with Gasteiger partial charge in [-0.25, -0.2) is 0 Å². The zero-order chi connectivity index (χ0) is 20.9. The van der Waals surface area contributed by atoms with E-state index in [1.165, 1.54) is 5.56 Å². The first-order valence-corrected chi connectivity index (χ1v) is 10.8. The number of hydrogen-bond acceptors (Lipinski definition) is 6. The largest absolute Gasteiger partial charge is 0.504 e. The number of nitrogens with zero attached hydrogens (tertiary/aromatic N) is 2. The van der Waals surface area contributed by atoms with Crippen molar-refractivity contribution in [2.24, 2.45) is 5.92 Å². The van der Waals surface area contributed by atoms with Gasteiger partial charge in [0.2, 0.25) is 0 Å². The third kappa shape index (κ3) is 3.37. The van der Waals surface area contributed by atoms with E-state index in [4.69, 9.17) is 14.2 Å². The van der Waals surface area contributed by atoms with Crippen molar-refractivity contribution in [2.45, 2.75) is 51.0 Å². The van der Waals surface area contributed by atoms with Crippen molar-refractivity contribution < 1.29 is 19.3 Å². The predicted molar refractivity (Wildman–Crippen MR) is 113 cm³/mol. The van der Waals surface area contributed by atoms with Gasteiger partial charge in [-0.15, -0.1) is 0 Å². The van der Waals surface area contributed by atoms with E-state index < -0.39 is 5.60 Å². The van der Waals surface area contributed by atoms with Crippen LogP contribution in [0.2, 0.25) is 0 Å². The lowest BCUT2D eigenvalue weighted by Gasteiger charge is -2.54. The molecule has 160 valence electrons. The molecule has 30 heavy (non-hydrogen) atoms. The maximum Gasteiger partial charge on any atom is 0.167 e. The molecule has 2 saturated heterocycles. The lowest BCUT2D eigenvalue weighted by molar-refractivity contribution is -0.231. The zero-order valence-electron chi connectivity index (χ0n) is 17.9. The first-order chi connectivity index (χ1) is 14.4. The monoisotopic (exact) mass is 410 g/mol. The van der Waals surface area contributed by atoms with Crippen molar-refractivity contribution in [2.75, 3.05) is 26.3 Å². The minimum atomic E-state index is -0.465. The lowest BCUT2D eigenvalue weighted by atomic mass is 9.71. The van der Waals surface area contributed by atoms with Gasteiger partial charge in [-0.1, -0.05) is 18.2 Å². The van der Waals surface area contributed by atoms with Crippen LogP contribution in [0, 0.1) is 12.8 Å². The minimum Gasteiger partial charge on any atom is -0.504 e. The second kappa shape index (κ2) is 7.22. The highest BCUT2D eigenvalue weighted by Crippen LogP contribution is 2.54. The molecule has 0 radical (unpaired) electrons. The summed E-state index contributed by atoms with van der Waals surface area (Å²) in [5.41, 5.74) is 2.46. The number of ether oxygens (including phenoxy) is 3. The smallest absolute Gasteiger partial charge is 0.167 e. The summed E-state index contributed by atoms with van der Waals surface area (Å²) in [4.78, 5) is 7.00. The van der Waals surface area contributed by atoms with Crippen LogP contribution in [0.15, 0.2) is 36.5 Å². The first kappa shape index (κ1) is 19.8. The molecule has 3 aliphatic heterocycles. The molecule has 6 nitrogen and oxygen atoms in total. The van der Waals surface area contributed by atoms with Crippen LogP contribution in [-0.2, 0) is 16.0 Å². The summed E-state index contributed by atoms with van der Waals surface area (Å²) >= 11 is 0. The van der Waals surface area contributed by atoms with Gasteiger partial charge in [0, 0.05) is 37.3 Å². The van der Waals surface area contributed by atoms with E-state index >= 15 is 0 Å². The molecule has 0 saturated carbocycles. The van der Waals surface area contributed by atoms with Gasteiger partial charge in [-0.2, -0.15) is 0 Å². The van der Waals surface area contributed by atoms with E-state index in [1.807, 2.05) is 24.4 Å². The Hall–Kier alpha value is -2.15. The first-order valence-electron chi connectivity index (χ1n) is 10.8. The fourth-order valence-corrected chi connectivity index (χ4v) is 5.22. The van der Waals surface area contributed by atoms with Gasteiger partial charge >= 0.3 is 0 Å². The van der Waals surface area contributed by atoms with Crippen LogP contribution in [0.5, 0.6) is 11.5 Å². The number of fused-ring (bicyclic) bond motifs is 3. The van der Waals surface area contributed by atoms with Crippen molar-refractivity contribution >= 4 is 0 Å². The van der Waals surface area contributed by atoms with Gasteiger partial charge in [0.25, 0.3) is 0 Å². The van der Waals surface area contributed by atoms with Crippen LogP contribution in [0.3, 0.4) is 0 Å². The molecule has 0 bridgehead atoms. The summed E-state index contributed by atoms with van der Waals surface area (Å²) in [7, 11) is 0. The van der Waals surface area contributed by atoms with Gasteiger partial charge < -0.3 is 19.3 Å². The summed E-state index contributed by atoms with van der Waals surface area (Å²) in [5, 5.41) is 10.3. The number of pyridine rings is 1. The summed E-state index contributed by atoms with van der Waals surface area (Å²) in [6.45, 7) is 10.0. The van der Waals surface area contributed by atoms with E-state index in [1.54, 1.807) is 6.07 Å². The predicted octanol–water partition coefficient (Wildman–Crippen LogP) is 3.62. The molecule has 5 rings (SSSR count). The average Bonchev–Trinajstić information content (AvgIpc) is 2.71. The second-order valence-corrected chi connectivity index (χ2v) is 9.45. The normalized spacial score (nSPS) is 30.4. The van der Waals surface area contributed by atoms with Crippen LogP contribution >= 0.6 is 0 Å². The second-order valence-electron chi connectivity index (χ2n) is 9.45. The molecule has 1 aromatic heterocycles. The summed E-state index contributed by atoms with van der Waals surface area (Å²) in [6.07, 6.45) is 2.62. The van der Waals surface area contributed by atoms with Crippen molar-refractivity contribution in [3.8, 4) is 11.5 Å². The van der Waals surface area contributed by atoms with Crippen molar-refractivity contribution in [1.82, 2.24) is 9.88 Å². The number of phenols is 1. The molecular formula is C24H30N2O4. The molecule has 2 fully saturated rings. The molecule has 4 heterocycles. The SMILES string of the molecule is Cc1cccnc1CN1CCO[C@@]2(CO[C@@H]3c4cccc(O)c4OC(C)(C)[C@H]3C2)C1.